The first-order valence-electron chi connectivity index (χ1n) is 13.5. The highest BCUT2D eigenvalue weighted by atomic mass is 16.7. The van der Waals surface area contributed by atoms with Gasteiger partial charge in [-0.2, -0.15) is 0 Å². The molecule has 0 radical (unpaired) electrons. The van der Waals surface area contributed by atoms with Crippen molar-refractivity contribution in [2.45, 2.75) is 86.8 Å². The van der Waals surface area contributed by atoms with Gasteiger partial charge in [-0.1, -0.05) is 47.6 Å². The fourth-order valence-electron chi connectivity index (χ4n) is 3.47. The number of esters is 1. The zero-order valence-electron chi connectivity index (χ0n) is 25.0. The molecule has 4 atom stereocenters. The maximum absolute atomic E-state index is 12.7. The van der Waals surface area contributed by atoms with Crippen LogP contribution in [0.2, 0.25) is 0 Å². The second-order valence-corrected chi connectivity index (χ2v) is 11.4. The molecule has 0 fully saturated rings. The van der Waals surface area contributed by atoms with Crippen LogP contribution in [0.1, 0.15) is 80.2 Å². The van der Waals surface area contributed by atoms with E-state index in [0.29, 0.717) is 12.0 Å². The summed E-state index contributed by atoms with van der Waals surface area (Å²) in [5.74, 6) is -3.39. The molecule has 11 heteroatoms. The van der Waals surface area contributed by atoms with Gasteiger partial charge in [-0.3, -0.25) is 9.59 Å². The lowest BCUT2D eigenvalue weighted by atomic mass is 9.79. The highest BCUT2D eigenvalue weighted by molar-refractivity contribution is 5.76. The SMILES string of the molecule is CCC(C)(C)C(=O)OC(C)C(C)C(c1ccc(OC(=O)OCC(C)C)c(OC(=O)OCC(C)C)c1)[C@H](N)C(=O)O. The first-order chi connectivity index (χ1) is 18.5. The fraction of sp³-hybridized carbons (Fsp3) is 0.655. The molecule has 0 aliphatic carbocycles. The summed E-state index contributed by atoms with van der Waals surface area (Å²) >= 11 is 0. The first-order valence-corrected chi connectivity index (χ1v) is 13.5. The number of nitrogens with two attached hydrogens (primary N) is 1. The number of carboxylic acids is 1. The average Bonchev–Trinajstić information content (AvgIpc) is 2.87. The number of hydrogen-bond acceptors (Lipinski definition) is 10. The van der Waals surface area contributed by atoms with Crippen LogP contribution < -0.4 is 15.2 Å². The molecule has 226 valence electrons. The van der Waals surface area contributed by atoms with E-state index in [0.717, 1.165) is 0 Å². The van der Waals surface area contributed by atoms with Gasteiger partial charge >= 0.3 is 24.2 Å². The highest BCUT2D eigenvalue weighted by Crippen LogP contribution is 2.38. The van der Waals surface area contributed by atoms with Crippen LogP contribution in [0.25, 0.3) is 0 Å². The topological polar surface area (TPSA) is 161 Å². The van der Waals surface area contributed by atoms with Crippen molar-refractivity contribution in [1.29, 1.82) is 0 Å². The van der Waals surface area contributed by atoms with Gasteiger partial charge in [0, 0.05) is 11.8 Å². The predicted molar refractivity (Wildman–Crippen MR) is 147 cm³/mol. The highest BCUT2D eigenvalue weighted by Gasteiger charge is 2.37. The standard InChI is InChI=1S/C29H45NO10/c1-10-29(8,9)26(33)38-19(7)18(6)23(24(30)25(31)32)20-11-12-21(39-27(34)36-14-16(2)3)22(13-20)40-28(35)37-15-17(4)5/h11-13,16-19,23-24H,10,14-15,30H2,1-9H3,(H,31,32)/t18?,19?,23?,24-/m0/s1. The number of aliphatic carboxylic acids is 1. The lowest BCUT2D eigenvalue weighted by Gasteiger charge is -2.33. The molecule has 11 nitrogen and oxygen atoms in total. The van der Waals surface area contributed by atoms with Gasteiger partial charge in [-0.25, -0.2) is 9.59 Å². The van der Waals surface area contributed by atoms with Crippen molar-refractivity contribution < 1.29 is 48.0 Å². The third-order valence-electron chi connectivity index (χ3n) is 6.52. The maximum Gasteiger partial charge on any atom is 0.513 e. The van der Waals surface area contributed by atoms with Crippen LogP contribution in [0.3, 0.4) is 0 Å². The first kappa shape index (κ1) is 34.7. The van der Waals surface area contributed by atoms with Crippen molar-refractivity contribution in [2.75, 3.05) is 13.2 Å². The third-order valence-corrected chi connectivity index (χ3v) is 6.52. The van der Waals surface area contributed by atoms with Crippen LogP contribution in [-0.2, 0) is 23.8 Å². The van der Waals surface area contributed by atoms with Crippen LogP contribution in [0.15, 0.2) is 18.2 Å². The molecule has 0 aromatic heterocycles. The Bertz CT molecular complexity index is 1020. The molecule has 0 saturated heterocycles. The summed E-state index contributed by atoms with van der Waals surface area (Å²) < 4.78 is 26.5. The fourth-order valence-corrected chi connectivity index (χ4v) is 3.47. The van der Waals surface area contributed by atoms with E-state index >= 15 is 0 Å². The minimum atomic E-state index is -1.40. The number of benzene rings is 1. The molecule has 0 spiro atoms. The lowest BCUT2D eigenvalue weighted by molar-refractivity contribution is -0.162. The van der Waals surface area contributed by atoms with Crippen LogP contribution in [0, 0.1) is 23.2 Å². The second kappa shape index (κ2) is 15.4. The van der Waals surface area contributed by atoms with Crippen LogP contribution in [-0.4, -0.2) is 54.7 Å². The van der Waals surface area contributed by atoms with Crippen LogP contribution >= 0.6 is 0 Å². The van der Waals surface area contributed by atoms with Gasteiger partial charge in [0.05, 0.1) is 18.6 Å². The summed E-state index contributed by atoms with van der Waals surface area (Å²) in [7, 11) is 0. The summed E-state index contributed by atoms with van der Waals surface area (Å²) in [5, 5.41) is 9.78. The zero-order chi connectivity index (χ0) is 30.8. The molecule has 0 aliphatic heterocycles. The Morgan fingerprint density at radius 3 is 1.82 bits per heavy atom. The molecule has 1 aromatic carbocycles. The summed E-state index contributed by atoms with van der Waals surface area (Å²) in [6, 6.07) is 2.81. The van der Waals surface area contributed by atoms with E-state index in [1.807, 2.05) is 34.6 Å². The molecule has 0 amide bonds. The van der Waals surface area contributed by atoms with E-state index in [1.54, 1.807) is 27.7 Å². The molecule has 0 aliphatic rings. The minimum Gasteiger partial charge on any atom is -0.480 e. The van der Waals surface area contributed by atoms with Crippen molar-refractivity contribution in [1.82, 2.24) is 0 Å². The van der Waals surface area contributed by atoms with Crippen molar-refractivity contribution >= 4 is 24.2 Å². The summed E-state index contributed by atoms with van der Waals surface area (Å²) in [6.45, 7) is 16.4. The van der Waals surface area contributed by atoms with E-state index in [1.165, 1.54) is 18.2 Å². The van der Waals surface area contributed by atoms with Gasteiger partial charge in [0.25, 0.3) is 0 Å². The third kappa shape index (κ3) is 10.7. The summed E-state index contributed by atoms with van der Waals surface area (Å²) in [6.07, 6.45) is -2.20. The molecule has 1 aromatic rings. The molecule has 40 heavy (non-hydrogen) atoms. The largest absolute Gasteiger partial charge is 0.513 e. The number of carboxylic acid groups (broad SMARTS) is 1. The van der Waals surface area contributed by atoms with Crippen LogP contribution in [0.4, 0.5) is 9.59 Å². The van der Waals surface area contributed by atoms with Gasteiger partial charge in [0.1, 0.15) is 12.1 Å². The molecule has 0 bridgehead atoms. The van der Waals surface area contributed by atoms with Crippen molar-refractivity contribution in [3.05, 3.63) is 23.8 Å². The van der Waals surface area contributed by atoms with Crippen molar-refractivity contribution in [2.24, 2.45) is 28.9 Å². The number of carbonyl (C=O) groups is 4. The molecular formula is C29H45NO10. The Hall–Kier alpha value is -3.34. The van der Waals surface area contributed by atoms with Gasteiger partial charge < -0.3 is 34.5 Å². The van der Waals surface area contributed by atoms with Gasteiger partial charge in [0.2, 0.25) is 0 Å². The molecule has 0 heterocycles. The van der Waals surface area contributed by atoms with E-state index in [9.17, 15) is 24.3 Å². The molecule has 3 N–H and O–H groups in total. The van der Waals surface area contributed by atoms with Gasteiger partial charge in [0.15, 0.2) is 11.5 Å². The number of rotatable bonds is 14. The predicted octanol–water partition coefficient (Wildman–Crippen LogP) is 5.53. The molecule has 0 saturated carbocycles. The summed E-state index contributed by atoms with van der Waals surface area (Å²) in [4.78, 5) is 49.3. The molecule has 3 unspecified atom stereocenters. The Labute approximate surface area is 236 Å². The number of hydrogen-bond donors (Lipinski definition) is 2. The van der Waals surface area contributed by atoms with Gasteiger partial charge in [-0.05, 0) is 56.7 Å². The lowest BCUT2D eigenvalue weighted by Crippen LogP contribution is -2.43. The average molecular weight is 568 g/mol. The Kier molecular flexibility index (Phi) is 13.4. The smallest absolute Gasteiger partial charge is 0.480 e. The van der Waals surface area contributed by atoms with E-state index in [2.05, 4.69) is 0 Å². The molecule has 1 rings (SSSR count). The zero-order valence-corrected chi connectivity index (χ0v) is 25.0. The number of carbonyl (C=O) groups excluding carboxylic acids is 3. The van der Waals surface area contributed by atoms with E-state index in [-0.39, 0.29) is 36.5 Å². The van der Waals surface area contributed by atoms with Crippen molar-refractivity contribution in [3.8, 4) is 11.5 Å². The van der Waals surface area contributed by atoms with E-state index in [4.69, 9.17) is 29.4 Å². The second-order valence-electron chi connectivity index (χ2n) is 11.4. The maximum atomic E-state index is 12.7. The number of ether oxygens (including phenoxy) is 5. The van der Waals surface area contributed by atoms with Gasteiger partial charge in [-0.15, -0.1) is 0 Å². The Morgan fingerprint density at radius 2 is 1.38 bits per heavy atom. The van der Waals surface area contributed by atoms with E-state index < -0.39 is 53.6 Å². The van der Waals surface area contributed by atoms with Crippen molar-refractivity contribution in [3.63, 3.8) is 0 Å². The quantitative estimate of drug-likeness (QED) is 0.165. The minimum absolute atomic E-state index is 0.0429. The van der Waals surface area contributed by atoms with Crippen LogP contribution in [0.5, 0.6) is 11.5 Å². The summed E-state index contributed by atoms with van der Waals surface area (Å²) in [5.41, 5.74) is 5.75. The monoisotopic (exact) mass is 567 g/mol. The Morgan fingerprint density at radius 1 is 0.875 bits per heavy atom. The molecular weight excluding hydrogens is 522 g/mol. The Balaban J connectivity index is 3.45. The normalized spacial score (nSPS) is 14.6.